The zero-order valence-corrected chi connectivity index (χ0v) is 9.86. The molecule has 1 heterocycles. The van der Waals surface area contributed by atoms with Gasteiger partial charge < -0.3 is 10.3 Å². The van der Waals surface area contributed by atoms with Gasteiger partial charge in [-0.05, 0) is 51.0 Å². The van der Waals surface area contributed by atoms with E-state index in [1.807, 2.05) is 0 Å². The Morgan fingerprint density at radius 1 is 1.38 bits per heavy atom. The highest BCUT2D eigenvalue weighted by Gasteiger charge is 2.27. The summed E-state index contributed by atoms with van der Waals surface area (Å²) in [5, 5.41) is 0. The van der Waals surface area contributed by atoms with E-state index in [0.717, 1.165) is 18.9 Å². The number of nitrogens with zero attached hydrogens (tertiary/aromatic N) is 2. The fourth-order valence-electron chi connectivity index (χ4n) is 2.91. The van der Waals surface area contributed by atoms with Crippen LogP contribution in [0.25, 0.3) is 0 Å². The van der Waals surface area contributed by atoms with Gasteiger partial charge in [0.25, 0.3) is 0 Å². The van der Waals surface area contributed by atoms with Crippen LogP contribution in [0, 0.1) is 5.92 Å². The van der Waals surface area contributed by atoms with Crippen molar-refractivity contribution in [3.8, 4) is 0 Å². The van der Waals surface area contributed by atoms with Gasteiger partial charge in [0.05, 0.1) is 12.0 Å². The summed E-state index contributed by atoms with van der Waals surface area (Å²) in [4.78, 5) is 4.64. The summed E-state index contributed by atoms with van der Waals surface area (Å²) in [5.74, 6) is 1.57. The third kappa shape index (κ3) is 1.88. The van der Waals surface area contributed by atoms with E-state index < -0.39 is 0 Å². The summed E-state index contributed by atoms with van der Waals surface area (Å²) in [6.45, 7) is 2.00. The van der Waals surface area contributed by atoms with Crippen molar-refractivity contribution in [3.05, 3.63) is 17.7 Å². The number of nitrogens with two attached hydrogens (primary N) is 1. The molecule has 1 saturated carbocycles. The Morgan fingerprint density at radius 2 is 2.25 bits per heavy atom. The Kier molecular flexibility index (Phi) is 2.72. The first-order chi connectivity index (χ1) is 7.88. The fraction of sp³-hybridized carbons (Fsp3) is 0.769. The lowest BCUT2D eigenvalue weighted by Gasteiger charge is -2.22. The molecule has 3 heteroatoms. The van der Waals surface area contributed by atoms with E-state index in [2.05, 4.69) is 15.9 Å². The minimum absolute atomic E-state index is 0.634. The molecule has 1 atom stereocenters. The van der Waals surface area contributed by atoms with Crippen LogP contribution in [0.4, 0.5) is 0 Å². The highest BCUT2D eigenvalue weighted by Crippen LogP contribution is 2.35. The topological polar surface area (TPSA) is 43.8 Å². The highest BCUT2D eigenvalue weighted by molar-refractivity contribution is 5.21. The first kappa shape index (κ1) is 10.3. The lowest BCUT2D eigenvalue weighted by Crippen LogP contribution is -2.16. The zero-order chi connectivity index (χ0) is 11.0. The molecule has 0 aliphatic heterocycles. The van der Waals surface area contributed by atoms with E-state index in [1.165, 1.54) is 50.0 Å². The molecule has 0 radical (unpaired) electrons. The summed E-state index contributed by atoms with van der Waals surface area (Å²) in [6, 6.07) is 0. The fourth-order valence-corrected chi connectivity index (χ4v) is 2.91. The molecule has 1 fully saturated rings. The number of rotatable bonds is 4. The van der Waals surface area contributed by atoms with Gasteiger partial charge in [-0.25, -0.2) is 4.98 Å². The van der Waals surface area contributed by atoms with Crippen molar-refractivity contribution in [1.29, 1.82) is 0 Å². The lowest BCUT2D eigenvalue weighted by atomic mass is 9.87. The second-order valence-electron chi connectivity index (χ2n) is 5.34. The van der Waals surface area contributed by atoms with Crippen LogP contribution in [0.2, 0.25) is 0 Å². The number of fused-ring (bicyclic) bond motifs is 1. The maximum atomic E-state index is 5.68. The van der Waals surface area contributed by atoms with Crippen molar-refractivity contribution in [3.63, 3.8) is 0 Å². The summed E-state index contributed by atoms with van der Waals surface area (Å²) < 4.78 is 2.41. The molecule has 3 rings (SSSR count). The smallest absolute Gasteiger partial charge is 0.0951 e. The maximum absolute atomic E-state index is 5.68. The van der Waals surface area contributed by atoms with Crippen molar-refractivity contribution >= 4 is 0 Å². The normalized spacial score (nSPS) is 24.4. The van der Waals surface area contributed by atoms with Crippen molar-refractivity contribution in [2.24, 2.45) is 11.7 Å². The Balaban J connectivity index is 1.82. The summed E-state index contributed by atoms with van der Waals surface area (Å²) >= 11 is 0. The first-order valence-electron chi connectivity index (χ1n) is 6.62. The molecule has 2 N–H and O–H groups in total. The van der Waals surface area contributed by atoms with Crippen molar-refractivity contribution in [2.45, 2.75) is 51.0 Å². The summed E-state index contributed by atoms with van der Waals surface area (Å²) in [7, 11) is 0. The van der Waals surface area contributed by atoms with E-state index in [9.17, 15) is 0 Å². The zero-order valence-electron chi connectivity index (χ0n) is 9.86. The third-order valence-electron chi connectivity index (χ3n) is 4.00. The number of aromatic nitrogens is 2. The van der Waals surface area contributed by atoms with Gasteiger partial charge in [0.15, 0.2) is 0 Å². The van der Waals surface area contributed by atoms with E-state index in [-0.39, 0.29) is 0 Å². The second-order valence-corrected chi connectivity index (χ2v) is 5.34. The molecule has 1 aromatic rings. The van der Waals surface area contributed by atoms with Gasteiger partial charge in [-0.2, -0.15) is 0 Å². The van der Waals surface area contributed by atoms with E-state index in [0.29, 0.717) is 5.92 Å². The Bertz CT molecular complexity index is 365. The van der Waals surface area contributed by atoms with E-state index in [4.69, 9.17) is 5.73 Å². The third-order valence-corrected chi connectivity index (χ3v) is 4.00. The summed E-state index contributed by atoms with van der Waals surface area (Å²) in [6.07, 6.45) is 9.82. The SMILES string of the molecule is NCC[C@H]1CCCc2c1ncn2CC1CC1. The van der Waals surface area contributed by atoms with Gasteiger partial charge >= 0.3 is 0 Å². The monoisotopic (exact) mass is 219 g/mol. The van der Waals surface area contributed by atoms with Gasteiger partial charge in [-0.1, -0.05) is 0 Å². The van der Waals surface area contributed by atoms with Crippen LogP contribution in [-0.2, 0) is 13.0 Å². The first-order valence-corrected chi connectivity index (χ1v) is 6.62. The van der Waals surface area contributed by atoms with Crippen LogP contribution in [0.1, 0.15) is 49.4 Å². The molecule has 3 nitrogen and oxygen atoms in total. The van der Waals surface area contributed by atoms with Crippen molar-refractivity contribution in [2.75, 3.05) is 6.54 Å². The molecule has 0 saturated heterocycles. The molecule has 2 aliphatic rings. The number of hydrogen-bond acceptors (Lipinski definition) is 2. The van der Waals surface area contributed by atoms with Gasteiger partial charge in [-0.3, -0.25) is 0 Å². The van der Waals surface area contributed by atoms with Crippen molar-refractivity contribution < 1.29 is 0 Å². The van der Waals surface area contributed by atoms with Crippen LogP contribution < -0.4 is 5.73 Å². The van der Waals surface area contributed by atoms with Crippen LogP contribution in [0.3, 0.4) is 0 Å². The maximum Gasteiger partial charge on any atom is 0.0951 e. The predicted octanol–water partition coefficient (Wildman–Crippen LogP) is 2.06. The van der Waals surface area contributed by atoms with Crippen molar-refractivity contribution in [1.82, 2.24) is 9.55 Å². The molecule has 0 aromatic carbocycles. The van der Waals surface area contributed by atoms with Gasteiger partial charge in [-0.15, -0.1) is 0 Å². The molecule has 0 unspecified atom stereocenters. The summed E-state index contributed by atoms with van der Waals surface area (Å²) in [5.41, 5.74) is 8.55. The quantitative estimate of drug-likeness (QED) is 0.842. The van der Waals surface area contributed by atoms with Gasteiger partial charge in [0, 0.05) is 18.2 Å². The molecule has 16 heavy (non-hydrogen) atoms. The molecule has 1 aromatic heterocycles. The molecule has 0 bridgehead atoms. The highest BCUT2D eigenvalue weighted by atomic mass is 15.1. The minimum atomic E-state index is 0.634. The van der Waals surface area contributed by atoms with Crippen LogP contribution in [0.15, 0.2) is 6.33 Å². The van der Waals surface area contributed by atoms with Gasteiger partial charge in [0.1, 0.15) is 0 Å². The lowest BCUT2D eigenvalue weighted by molar-refractivity contribution is 0.494. The second kappa shape index (κ2) is 4.21. The largest absolute Gasteiger partial charge is 0.334 e. The van der Waals surface area contributed by atoms with Crippen LogP contribution >= 0.6 is 0 Å². The molecular formula is C13H21N3. The van der Waals surface area contributed by atoms with Gasteiger partial charge in [0.2, 0.25) is 0 Å². The molecule has 88 valence electrons. The van der Waals surface area contributed by atoms with E-state index in [1.54, 1.807) is 0 Å². The molecule has 2 aliphatic carbocycles. The Labute approximate surface area is 97.0 Å². The predicted molar refractivity (Wildman–Crippen MR) is 64.3 cm³/mol. The van der Waals surface area contributed by atoms with E-state index >= 15 is 0 Å². The van der Waals surface area contributed by atoms with Crippen LogP contribution in [-0.4, -0.2) is 16.1 Å². The molecule has 0 spiro atoms. The standard InChI is InChI=1S/C13H21N3/c14-7-6-11-2-1-3-12-13(11)15-9-16(12)8-10-4-5-10/h9-11H,1-8,14H2/t11-/m1/s1. The Hall–Kier alpha value is -0.830. The number of hydrogen-bond donors (Lipinski definition) is 1. The Morgan fingerprint density at radius 3 is 3.00 bits per heavy atom. The molecule has 0 amide bonds. The average molecular weight is 219 g/mol. The number of imidazole rings is 1. The average Bonchev–Trinajstić information content (AvgIpc) is 3.01. The van der Waals surface area contributed by atoms with Crippen LogP contribution in [0.5, 0.6) is 0 Å². The minimum Gasteiger partial charge on any atom is -0.334 e. The molecular weight excluding hydrogens is 198 g/mol.